The number of hydrogen-bond donors (Lipinski definition) is 1. The molecule has 0 saturated carbocycles. The molecule has 4 aromatic rings. The highest BCUT2D eigenvalue weighted by Crippen LogP contribution is 2.18. The number of aryl methyl sites for hydroxylation is 2. The average Bonchev–Trinajstić information content (AvgIpc) is 3.10. The lowest BCUT2D eigenvalue weighted by Gasteiger charge is -2.09. The lowest BCUT2D eigenvalue weighted by Crippen LogP contribution is -2.28. The maximum absolute atomic E-state index is 12.8. The van der Waals surface area contributed by atoms with Crippen LogP contribution >= 0.6 is 11.6 Å². The van der Waals surface area contributed by atoms with Gasteiger partial charge in [0.1, 0.15) is 18.3 Å². The van der Waals surface area contributed by atoms with Gasteiger partial charge in [0.25, 0.3) is 5.56 Å². The van der Waals surface area contributed by atoms with Crippen molar-refractivity contribution in [3.63, 3.8) is 0 Å². The molecule has 29 heavy (non-hydrogen) atoms. The highest BCUT2D eigenvalue weighted by atomic mass is 35.5. The van der Waals surface area contributed by atoms with Crippen molar-refractivity contribution in [1.82, 2.24) is 24.3 Å². The summed E-state index contributed by atoms with van der Waals surface area (Å²) in [4.78, 5) is 33.4. The molecule has 9 heteroatoms. The number of fused-ring (bicyclic) bond motifs is 1. The second kappa shape index (κ2) is 7.48. The minimum absolute atomic E-state index is 0.177. The Kier molecular flexibility index (Phi) is 4.85. The van der Waals surface area contributed by atoms with Crippen molar-refractivity contribution in [3.05, 3.63) is 75.7 Å². The Morgan fingerprint density at radius 1 is 1.17 bits per heavy atom. The fraction of sp³-hybridized carbons (Fsp3) is 0.150. The van der Waals surface area contributed by atoms with Crippen molar-refractivity contribution < 1.29 is 4.79 Å². The van der Waals surface area contributed by atoms with Gasteiger partial charge in [0.2, 0.25) is 5.91 Å². The molecule has 0 radical (unpaired) electrons. The van der Waals surface area contributed by atoms with E-state index in [1.165, 1.54) is 23.3 Å². The van der Waals surface area contributed by atoms with Gasteiger partial charge in [-0.25, -0.2) is 14.6 Å². The number of nitrogens with zero attached hydrogens (tertiary/aromatic N) is 5. The van der Waals surface area contributed by atoms with Crippen molar-refractivity contribution in [3.8, 4) is 5.69 Å². The Labute approximate surface area is 170 Å². The predicted molar refractivity (Wildman–Crippen MR) is 110 cm³/mol. The first-order chi connectivity index (χ1) is 13.9. The third-order valence-electron chi connectivity index (χ3n) is 4.35. The Morgan fingerprint density at radius 2 is 1.93 bits per heavy atom. The molecule has 0 aliphatic heterocycles. The number of carbonyl (C=O) groups excluding carboxylic acids is 1. The van der Waals surface area contributed by atoms with Gasteiger partial charge >= 0.3 is 0 Å². The summed E-state index contributed by atoms with van der Waals surface area (Å²) in [6, 6.07) is 9.28. The van der Waals surface area contributed by atoms with E-state index in [0.29, 0.717) is 16.7 Å². The van der Waals surface area contributed by atoms with Crippen LogP contribution in [0.3, 0.4) is 0 Å². The smallest absolute Gasteiger partial charge is 0.264 e. The summed E-state index contributed by atoms with van der Waals surface area (Å²) in [5.41, 5.74) is 3.46. The molecule has 8 nitrogen and oxygen atoms in total. The van der Waals surface area contributed by atoms with E-state index in [-0.39, 0.29) is 17.3 Å². The fourth-order valence-corrected chi connectivity index (χ4v) is 3.31. The SMILES string of the molecule is Cc1cc(C)cc(-n2ncc3c(=O)n(CC(=O)Nc4cccnc4Cl)cnc32)c1. The number of pyridine rings is 1. The molecule has 3 aromatic heterocycles. The van der Waals surface area contributed by atoms with Crippen molar-refractivity contribution in [2.24, 2.45) is 0 Å². The van der Waals surface area contributed by atoms with E-state index >= 15 is 0 Å². The van der Waals surface area contributed by atoms with Crippen molar-refractivity contribution >= 4 is 34.2 Å². The third kappa shape index (κ3) is 3.74. The molecule has 4 rings (SSSR count). The van der Waals surface area contributed by atoms with Crippen LogP contribution in [0.2, 0.25) is 5.15 Å². The summed E-state index contributed by atoms with van der Waals surface area (Å²) in [5, 5.41) is 7.47. The van der Waals surface area contributed by atoms with Gasteiger partial charge in [-0.1, -0.05) is 17.7 Å². The summed E-state index contributed by atoms with van der Waals surface area (Å²) in [5.74, 6) is -0.412. The highest BCUT2D eigenvalue weighted by molar-refractivity contribution is 6.32. The first-order valence-corrected chi connectivity index (χ1v) is 9.22. The quantitative estimate of drug-likeness (QED) is 0.524. The van der Waals surface area contributed by atoms with Crippen LogP contribution in [0.25, 0.3) is 16.7 Å². The van der Waals surface area contributed by atoms with Crippen LogP contribution in [0.4, 0.5) is 5.69 Å². The molecule has 1 N–H and O–H groups in total. The number of nitrogens with one attached hydrogen (secondary N) is 1. The van der Waals surface area contributed by atoms with Crippen LogP contribution in [-0.2, 0) is 11.3 Å². The molecule has 0 atom stereocenters. The molecule has 1 amide bonds. The molecule has 3 heterocycles. The van der Waals surface area contributed by atoms with Gasteiger partial charge in [0.05, 0.1) is 17.6 Å². The minimum Gasteiger partial charge on any atom is -0.322 e. The van der Waals surface area contributed by atoms with E-state index in [1.54, 1.807) is 16.8 Å². The van der Waals surface area contributed by atoms with Gasteiger partial charge in [-0.05, 0) is 49.2 Å². The Bertz CT molecular complexity index is 1270. The Hall–Kier alpha value is -3.52. The number of amides is 1. The molecular weight excluding hydrogens is 392 g/mol. The number of hydrogen-bond acceptors (Lipinski definition) is 5. The number of aromatic nitrogens is 5. The van der Waals surface area contributed by atoms with E-state index in [9.17, 15) is 9.59 Å². The van der Waals surface area contributed by atoms with Crippen LogP contribution in [0.15, 0.2) is 53.8 Å². The number of benzene rings is 1. The van der Waals surface area contributed by atoms with Crippen LogP contribution in [-0.4, -0.2) is 30.2 Å². The second-order valence-corrected chi connectivity index (χ2v) is 7.07. The summed E-state index contributed by atoms with van der Waals surface area (Å²) < 4.78 is 2.85. The van der Waals surface area contributed by atoms with Gasteiger partial charge in [-0.3, -0.25) is 14.2 Å². The average molecular weight is 409 g/mol. The maximum atomic E-state index is 12.8. The largest absolute Gasteiger partial charge is 0.322 e. The van der Waals surface area contributed by atoms with Gasteiger partial charge < -0.3 is 5.32 Å². The number of anilines is 1. The number of carbonyl (C=O) groups is 1. The second-order valence-electron chi connectivity index (χ2n) is 6.71. The summed E-state index contributed by atoms with van der Waals surface area (Å²) in [6.07, 6.45) is 4.33. The minimum atomic E-state index is -0.412. The number of halogens is 1. The van der Waals surface area contributed by atoms with Gasteiger partial charge in [0.15, 0.2) is 10.8 Å². The van der Waals surface area contributed by atoms with Crippen LogP contribution < -0.4 is 10.9 Å². The molecule has 0 saturated heterocycles. The van der Waals surface area contributed by atoms with Crippen molar-refractivity contribution in [1.29, 1.82) is 0 Å². The summed E-state index contributed by atoms with van der Waals surface area (Å²) in [6.45, 7) is 3.78. The Balaban J connectivity index is 1.64. The zero-order valence-electron chi connectivity index (χ0n) is 15.8. The van der Waals surface area contributed by atoms with E-state index in [1.807, 2.05) is 26.0 Å². The van der Waals surface area contributed by atoms with Gasteiger partial charge in [-0.2, -0.15) is 5.10 Å². The maximum Gasteiger partial charge on any atom is 0.264 e. The third-order valence-corrected chi connectivity index (χ3v) is 4.65. The summed E-state index contributed by atoms with van der Waals surface area (Å²) in [7, 11) is 0. The van der Waals surface area contributed by atoms with Crippen LogP contribution in [0.1, 0.15) is 11.1 Å². The molecule has 146 valence electrons. The number of rotatable bonds is 4. The zero-order chi connectivity index (χ0) is 20.5. The van der Waals surface area contributed by atoms with E-state index in [4.69, 9.17) is 11.6 Å². The Morgan fingerprint density at radius 3 is 2.66 bits per heavy atom. The van der Waals surface area contributed by atoms with Crippen LogP contribution in [0.5, 0.6) is 0 Å². The van der Waals surface area contributed by atoms with Gasteiger partial charge in [-0.15, -0.1) is 0 Å². The first kappa shape index (κ1) is 18.8. The molecular formula is C20H17ClN6O2. The lowest BCUT2D eigenvalue weighted by atomic mass is 10.1. The highest BCUT2D eigenvalue weighted by Gasteiger charge is 2.14. The standard InChI is InChI=1S/C20H17ClN6O2/c1-12-6-13(2)8-14(7-12)27-19-15(9-24-27)20(29)26(11-23-19)10-17(28)25-16-4-3-5-22-18(16)21/h3-9,11H,10H2,1-2H3,(H,25,28). The predicted octanol–water partition coefficient (Wildman–Crippen LogP) is 2.89. The molecule has 0 aliphatic rings. The first-order valence-electron chi connectivity index (χ1n) is 8.84. The molecule has 0 bridgehead atoms. The molecule has 1 aromatic carbocycles. The zero-order valence-corrected chi connectivity index (χ0v) is 16.5. The van der Waals surface area contributed by atoms with E-state index < -0.39 is 5.91 Å². The fourth-order valence-electron chi connectivity index (χ4n) is 3.15. The van der Waals surface area contributed by atoms with Crippen LogP contribution in [0, 0.1) is 13.8 Å². The monoisotopic (exact) mass is 408 g/mol. The normalized spacial score (nSPS) is 11.0. The van der Waals surface area contributed by atoms with Crippen molar-refractivity contribution in [2.75, 3.05) is 5.32 Å². The molecule has 0 aliphatic carbocycles. The lowest BCUT2D eigenvalue weighted by molar-refractivity contribution is -0.116. The summed E-state index contributed by atoms with van der Waals surface area (Å²) >= 11 is 5.95. The van der Waals surface area contributed by atoms with Crippen molar-refractivity contribution in [2.45, 2.75) is 20.4 Å². The molecule has 0 spiro atoms. The van der Waals surface area contributed by atoms with Gasteiger partial charge in [0, 0.05) is 6.20 Å². The topological polar surface area (TPSA) is 94.7 Å². The van der Waals surface area contributed by atoms with E-state index in [0.717, 1.165) is 16.8 Å². The van der Waals surface area contributed by atoms with E-state index in [2.05, 4.69) is 26.4 Å². The molecule has 0 unspecified atom stereocenters. The molecule has 0 fully saturated rings.